The van der Waals surface area contributed by atoms with Gasteiger partial charge in [-0.25, -0.2) is 13.8 Å². The van der Waals surface area contributed by atoms with Gasteiger partial charge in [0.25, 0.3) is 5.56 Å². The van der Waals surface area contributed by atoms with Gasteiger partial charge in [-0.15, -0.1) is 0 Å². The van der Waals surface area contributed by atoms with Crippen LogP contribution in [0.4, 0.5) is 4.39 Å². The van der Waals surface area contributed by atoms with Crippen LogP contribution in [0.2, 0.25) is 5.15 Å². The molecular formula is C17H14ClFN4O2. The molecule has 0 bridgehead atoms. The van der Waals surface area contributed by atoms with Crippen LogP contribution in [-0.2, 0) is 11.3 Å². The molecule has 0 amide bonds. The molecule has 0 spiro atoms. The van der Waals surface area contributed by atoms with Gasteiger partial charge in [0.1, 0.15) is 11.0 Å². The van der Waals surface area contributed by atoms with Crippen LogP contribution >= 0.6 is 11.6 Å². The van der Waals surface area contributed by atoms with E-state index >= 15 is 0 Å². The minimum absolute atomic E-state index is 0.0844. The quantitative estimate of drug-likeness (QED) is 0.718. The highest BCUT2D eigenvalue weighted by Crippen LogP contribution is 2.53. The van der Waals surface area contributed by atoms with Crippen LogP contribution < -0.4 is 5.56 Å². The smallest absolute Gasteiger partial charge is 0.295 e. The standard InChI is InChI=1S/C17H14ClFN4O2/c18-16-10-5-20-23(15-11-7-25-8-12(11)15)17(24)14(10)21-22(16)6-9-3-1-2-4-13(9)19/h1-5,11-12,15H,6-8H2/t11-,12+,15?. The van der Waals surface area contributed by atoms with E-state index in [1.54, 1.807) is 24.4 Å². The van der Waals surface area contributed by atoms with Crippen molar-refractivity contribution in [3.05, 3.63) is 57.3 Å². The first kappa shape index (κ1) is 15.0. The van der Waals surface area contributed by atoms with Gasteiger partial charge in [-0.1, -0.05) is 29.8 Å². The molecule has 2 aliphatic rings. The summed E-state index contributed by atoms with van der Waals surface area (Å²) in [5.74, 6) is 0.386. The van der Waals surface area contributed by atoms with Gasteiger partial charge in [-0.2, -0.15) is 10.2 Å². The highest BCUT2D eigenvalue weighted by molar-refractivity contribution is 6.34. The second-order valence-electron chi connectivity index (χ2n) is 6.55. The molecule has 1 aliphatic carbocycles. The zero-order valence-electron chi connectivity index (χ0n) is 13.1. The molecule has 6 nitrogen and oxygen atoms in total. The SMILES string of the molecule is O=c1c2nn(Cc3ccccc3F)c(Cl)c2cnn1C1[C@H]2COC[C@@H]12. The molecule has 5 rings (SSSR count). The highest BCUT2D eigenvalue weighted by Gasteiger charge is 2.56. The molecule has 25 heavy (non-hydrogen) atoms. The van der Waals surface area contributed by atoms with Gasteiger partial charge in [0, 0.05) is 17.4 Å². The highest BCUT2D eigenvalue weighted by atomic mass is 35.5. The number of aromatic nitrogens is 4. The minimum atomic E-state index is -0.334. The van der Waals surface area contributed by atoms with Crippen molar-refractivity contribution in [3.8, 4) is 0 Å². The third-order valence-corrected chi connectivity index (χ3v) is 5.51. The first-order chi connectivity index (χ1) is 12.1. The molecule has 1 saturated carbocycles. The second-order valence-corrected chi connectivity index (χ2v) is 6.91. The van der Waals surface area contributed by atoms with Crippen LogP contribution in [0.15, 0.2) is 35.3 Å². The van der Waals surface area contributed by atoms with Gasteiger partial charge in [0.05, 0.1) is 37.4 Å². The fourth-order valence-electron chi connectivity index (χ4n) is 3.69. The summed E-state index contributed by atoms with van der Waals surface area (Å²) in [4.78, 5) is 12.8. The van der Waals surface area contributed by atoms with E-state index in [1.807, 2.05) is 0 Å². The van der Waals surface area contributed by atoms with E-state index in [1.165, 1.54) is 15.4 Å². The Morgan fingerprint density at radius 1 is 1.28 bits per heavy atom. The van der Waals surface area contributed by atoms with Crippen LogP contribution in [-0.4, -0.2) is 32.8 Å². The lowest BCUT2D eigenvalue weighted by Gasteiger charge is -2.06. The van der Waals surface area contributed by atoms with Crippen molar-refractivity contribution >= 4 is 22.5 Å². The molecule has 128 valence electrons. The lowest BCUT2D eigenvalue weighted by Crippen LogP contribution is -2.24. The number of ether oxygens (including phenoxy) is 1. The predicted molar refractivity (Wildman–Crippen MR) is 89.1 cm³/mol. The topological polar surface area (TPSA) is 61.9 Å². The maximum Gasteiger partial charge on any atom is 0.295 e. The van der Waals surface area contributed by atoms with Crippen molar-refractivity contribution < 1.29 is 9.13 Å². The number of fused-ring (bicyclic) bond motifs is 2. The number of hydrogen-bond acceptors (Lipinski definition) is 4. The fraction of sp³-hybridized carbons (Fsp3) is 0.353. The van der Waals surface area contributed by atoms with E-state index in [0.717, 1.165) is 0 Å². The van der Waals surface area contributed by atoms with Crippen LogP contribution in [0, 0.1) is 17.7 Å². The Hall–Kier alpha value is -2.25. The Morgan fingerprint density at radius 3 is 2.80 bits per heavy atom. The Bertz CT molecular complexity index is 1040. The van der Waals surface area contributed by atoms with E-state index in [2.05, 4.69) is 10.2 Å². The summed E-state index contributed by atoms with van der Waals surface area (Å²) >= 11 is 6.34. The Morgan fingerprint density at radius 2 is 2.04 bits per heavy atom. The molecule has 8 heteroatoms. The average molecular weight is 361 g/mol. The molecule has 0 N–H and O–H groups in total. The van der Waals surface area contributed by atoms with Gasteiger partial charge < -0.3 is 4.74 Å². The van der Waals surface area contributed by atoms with E-state index in [9.17, 15) is 9.18 Å². The summed E-state index contributed by atoms with van der Waals surface area (Å²) in [7, 11) is 0. The molecule has 2 fully saturated rings. The first-order valence-corrected chi connectivity index (χ1v) is 8.48. The van der Waals surface area contributed by atoms with Gasteiger partial charge in [0.2, 0.25) is 0 Å². The van der Waals surface area contributed by atoms with Crippen molar-refractivity contribution in [2.24, 2.45) is 11.8 Å². The van der Waals surface area contributed by atoms with E-state index < -0.39 is 0 Å². The average Bonchev–Trinajstić information content (AvgIpc) is 2.93. The molecule has 2 aromatic heterocycles. The first-order valence-electron chi connectivity index (χ1n) is 8.10. The van der Waals surface area contributed by atoms with Gasteiger partial charge in [-0.05, 0) is 6.07 Å². The van der Waals surface area contributed by atoms with E-state index in [4.69, 9.17) is 16.3 Å². The zero-order valence-corrected chi connectivity index (χ0v) is 13.9. The third-order valence-electron chi connectivity index (χ3n) is 5.11. The molecule has 3 aromatic rings. The monoisotopic (exact) mass is 360 g/mol. The zero-order chi connectivity index (χ0) is 17.1. The molecule has 1 aliphatic heterocycles. The van der Waals surface area contributed by atoms with E-state index in [0.29, 0.717) is 36.0 Å². The maximum atomic E-state index is 13.9. The largest absolute Gasteiger partial charge is 0.381 e. The number of halogens is 2. The van der Waals surface area contributed by atoms with Gasteiger partial charge in [0.15, 0.2) is 5.52 Å². The third kappa shape index (κ3) is 2.22. The summed E-state index contributed by atoms with van der Waals surface area (Å²) < 4.78 is 22.2. The maximum absolute atomic E-state index is 13.9. The molecular weight excluding hydrogens is 347 g/mol. The normalized spacial score (nSPS) is 24.6. The minimum Gasteiger partial charge on any atom is -0.381 e. The van der Waals surface area contributed by atoms with Gasteiger partial charge >= 0.3 is 0 Å². The fourth-order valence-corrected chi connectivity index (χ4v) is 3.92. The van der Waals surface area contributed by atoms with Gasteiger partial charge in [-0.3, -0.25) is 4.79 Å². The molecule has 1 unspecified atom stereocenters. The summed E-state index contributed by atoms with van der Waals surface area (Å²) in [6.45, 7) is 1.50. The Balaban J connectivity index is 1.56. The Labute approximate surface area is 146 Å². The van der Waals surface area contributed by atoms with Crippen LogP contribution in [0.5, 0.6) is 0 Å². The van der Waals surface area contributed by atoms with E-state index in [-0.39, 0.29) is 34.6 Å². The van der Waals surface area contributed by atoms with Crippen molar-refractivity contribution in [2.45, 2.75) is 12.6 Å². The molecule has 3 atom stereocenters. The Kier molecular flexibility index (Phi) is 3.23. The van der Waals surface area contributed by atoms with Crippen molar-refractivity contribution in [1.29, 1.82) is 0 Å². The molecule has 3 heterocycles. The van der Waals surface area contributed by atoms with Crippen LogP contribution in [0.1, 0.15) is 11.6 Å². The van der Waals surface area contributed by atoms with Crippen LogP contribution in [0.3, 0.4) is 0 Å². The number of benzene rings is 1. The lowest BCUT2D eigenvalue weighted by atomic mass is 10.2. The molecule has 1 saturated heterocycles. The van der Waals surface area contributed by atoms with Crippen molar-refractivity contribution in [2.75, 3.05) is 13.2 Å². The van der Waals surface area contributed by atoms with Crippen molar-refractivity contribution in [3.63, 3.8) is 0 Å². The number of hydrogen-bond donors (Lipinski definition) is 0. The predicted octanol–water partition coefficient (Wildman–Crippen LogP) is 2.25. The second kappa shape index (κ2) is 5.37. The summed E-state index contributed by atoms with van der Waals surface area (Å²) in [6.07, 6.45) is 1.57. The van der Waals surface area contributed by atoms with Crippen LogP contribution in [0.25, 0.3) is 10.9 Å². The number of nitrogens with zero attached hydrogens (tertiary/aromatic N) is 4. The molecule has 1 aromatic carbocycles. The number of rotatable bonds is 3. The summed E-state index contributed by atoms with van der Waals surface area (Å²) in [5.41, 5.74) is 0.465. The van der Waals surface area contributed by atoms with Crippen molar-refractivity contribution in [1.82, 2.24) is 19.6 Å². The lowest BCUT2D eigenvalue weighted by molar-refractivity contribution is 0.149. The summed E-state index contributed by atoms with van der Waals surface area (Å²) in [6, 6.07) is 6.51. The molecule has 0 radical (unpaired) electrons. The summed E-state index contributed by atoms with van der Waals surface area (Å²) in [5, 5.41) is 9.39.